The third-order valence-electron chi connectivity index (χ3n) is 3.61. The van der Waals surface area contributed by atoms with Crippen LogP contribution in [-0.2, 0) is 14.8 Å². The van der Waals surface area contributed by atoms with E-state index in [2.05, 4.69) is 0 Å². The van der Waals surface area contributed by atoms with Crippen LogP contribution < -0.4 is 0 Å². The molecule has 0 aromatic rings. The van der Waals surface area contributed by atoms with Crippen molar-refractivity contribution in [2.24, 2.45) is 11.3 Å². The van der Waals surface area contributed by atoms with Crippen molar-refractivity contribution in [3.63, 3.8) is 0 Å². The first kappa shape index (κ1) is 13.4. The van der Waals surface area contributed by atoms with Gasteiger partial charge in [0.25, 0.3) is 0 Å². The van der Waals surface area contributed by atoms with Crippen LogP contribution in [0.15, 0.2) is 0 Å². The lowest BCUT2D eigenvalue weighted by Crippen LogP contribution is -2.48. The molecule has 0 radical (unpaired) electrons. The molecule has 94 valence electrons. The van der Waals surface area contributed by atoms with E-state index in [-0.39, 0.29) is 5.92 Å². The predicted molar refractivity (Wildman–Crippen MR) is 60.6 cm³/mol. The number of hydrogen-bond acceptors (Lipinski definition) is 3. The van der Waals surface area contributed by atoms with Crippen LogP contribution >= 0.6 is 0 Å². The Labute approximate surface area is 96.5 Å². The van der Waals surface area contributed by atoms with E-state index in [0.717, 1.165) is 6.26 Å². The van der Waals surface area contributed by atoms with E-state index in [0.29, 0.717) is 25.9 Å². The topological polar surface area (TPSA) is 74.7 Å². The molecule has 0 amide bonds. The third kappa shape index (κ3) is 2.38. The van der Waals surface area contributed by atoms with E-state index < -0.39 is 21.4 Å². The molecule has 1 fully saturated rings. The summed E-state index contributed by atoms with van der Waals surface area (Å²) in [4.78, 5) is 11.3. The van der Waals surface area contributed by atoms with Crippen molar-refractivity contribution in [3.8, 4) is 0 Å². The van der Waals surface area contributed by atoms with Crippen molar-refractivity contribution >= 4 is 16.0 Å². The zero-order valence-corrected chi connectivity index (χ0v) is 10.7. The van der Waals surface area contributed by atoms with Crippen molar-refractivity contribution in [1.82, 2.24) is 4.31 Å². The SMILES string of the molecule is CC(C)C1(C(=O)O)CCN(S(C)(=O)=O)CC1. The van der Waals surface area contributed by atoms with Crippen molar-refractivity contribution in [2.45, 2.75) is 26.7 Å². The molecule has 1 aliphatic rings. The Bertz CT molecular complexity index is 366. The van der Waals surface area contributed by atoms with Crippen LogP contribution in [-0.4, -0.2) is 43.1 Å². The van der Waals surface area contributed by atoms with Gasteiger partial charge in [-0.25, -0.2) is 12.7 Å². The number of carboxylic acid groups (broad SMARTS) is 1. The fourth-order valence-electron chi connectivity index (χ4n) is 2.26. The zero-order valence-electron chi connectivity index (χ0n) is 9.93. The van der Waals surface area contributed by atoms with Crippen LogP contribution in [0.25, 0.3) is 0 Å². The maximum Gasteiger partial charge on any atom is 0.309 e. The molecule has 0 saturated carbocycles. The molecule has 16 heavy (non-hydrogen) atoms. The van der Waals surface area contributed by atoms with E-state index in [4.69, 9.17) is 0 Å². The van der Waals surface area contributed by atoms with Crippen LogP contribution in [0.4, 0.5) is 0 Å². The highest BCUT2D eigenvalue weighted by molar-refractivity contribution is 7.88. The lowest BCUT2D eigenvalue weighted by atomic mass is 9.70. The number of nitrogens with zero attached hydrogens (tertiary/aromatic N) is 1. The Kier molecular flexibility index (Phi) is 3.64. The second-order valence-corrected chi connectivity index (χ2v) is 6.76. The van der Waals surface area contributed by atoms with Crippen LogP contribution in [0.1, 0.15) is 26.7 Å². The number of sulfonamides is 1. The average Bonchev–Trinajstić information content (AvgIpc) is 2.15. The van der Waals surface area contributed by atoms with E-state index in [1.165, 1.54) is 4.31 Å². The summed E-state index contributed by atoms with van der Waals surface area (Å²) in [6, 6.07) is 0. The smallest absolute Gasteiger partial charge is 0.309 e. The molecule has 1 N–H and O–H groups in total. The summed E-state index contributed by atoms with van der Waals surface area (Å²) in [5.41, 5.74) is -0.763. The number of aliphatic carboxylic acids is 1. The van der Waals surface area contributed by atoms with Gasteiger partial charge in [0.15, 0.2) is 0 Å². The molecule has 0 aromatic carbocycles. The number of hydrogen-bond donors (Lipinski definition) is 1. The lowest BCUT2D eigenvalue weighted by molar-refractivity contribution is -0.154. The van der Waals surface area contributed by atoms with Gasteiger partial charge in [0.05, 0.1) is 11.7 Å². The summed E-state index contributed by atoms with van der Waals surface area (Å²) in [6.07, 6.45) is 1.95. The Morgan fingerprint density at radius 2 is 1.75 bits per heavy atom. The molecule has 0 unspecified atom stereocenters. The second kappa shape index (κ2) is 4.33. The highest BCUT2D eigenvalue weighted by Gasteiger charge is 2.45. The van der Waals surface area contributed by atoms with Crippen molar-refractivity contribution in [3.05, 3.63) is 0 Å². The Hall–Kier alpha value is -0.620. The van der Waals surface area contributed by atoms with E-state index in [1.807, 2.05) is 13.8 Å². The standard InChI is InChI=1S/C10H19NO4S/c1-8(2)10(9(12)13)4-6-11(7-5-10)16(3,14)15/h8H,4-7H2,1-3H3,(H,12,13). The van der Waals surface area contributed by atoms with E-state index >= 15 is 0 Å². The van der Waals surface area contributed by atoms with Gasteiger partial charge in [-0.05, 0) is 18.8 Å². The number of rotatable bonds is 3. The molecule has 0 spiro atoms. The van der Waals surface area contributed by atoms with Crippen LogP contribution in [0, 0.1) is 11.3 Å². The molecular weight excluding hydrogens is 230 g/mol. The van der Waals surface area contributed by atoms with Gasteiger partial charge in [0.1, 0.15) is 0 Å². The quantitative estimate of drug-likeness (QED) is 0.801. The largest absolute Gasteiger partial charge is 0.481 e. The Morgan fingerprint density at radius 3 is 2.00 bits per heavy atom. The van der Waals surface area contributed by atoms with Gasteiger partial charge in [0.2, 0.25) is 10.0 Å². The van der Waals surface area contributed by atoms with Gasteiger partial charge >= 0.3 is 5.97 Å². The summed E-state index contributed by atoms with van der Waals surface area (Å²) in [5.74, 6) is -0.789. The van der Waals surface area contributed by atoms with Gasteiger partial charge in [-0.3, -0.25) is 4.79 Å². The molecule has 0 atom stereocenters. The van der Waals surface area contributed by atoms with Gasteiger partial charge in [-0.1, -0.05) is 13.8 Å². The molecule has 1 heterocycles. The van der Waals surface area contributed by atoms with Crippen LogP contribution in [0.3, 0.4) is 0 Å². The molecule has 0 aromatic heterocycles. The summed E-state index contributed by atoms with van der Waals surface area (Å²) in [6.45, 7) is 4.38. The summed E-state index contributed by atoms with van der Waals surface area (Å²) >= 11 is 0. The minimum Gasteiger partial charge on any atom is -0.481 e. The van der Waals surface area contributed by atoms with Crippen LogP contribution in [0.5, 0.6) is 0 Å². The van der Waals surface area contributed by atoms with Gasteiger partial charge in [-0.15, -0.1) is 0 Å². The first-order chi connectivity index (χ1) is 7.20. The maximum absolute atomic E-state index is 11.3. The van der Waals surface area contributed by atoms with Gasteiger partial charge in [-0.2, -0.15) is 0 Å². The fraction of sp³-hybridized carbons (Fsp3) is 0.900. The lowest BCUT2D eigenvalue weighted by Gasteiger charge is -2.40. The van der Waals surface area contributed by atoms with Crippen LogP contribution in [0.2, 0.25) is 0 Å². The number of piperidine rings is 1. The first-order valence-electron chi connectivity index (χ1n) is 5.38. The molecule has 1 saturated heterocycles. The highest BCUT2D eigenvalue weighted by Crippen LogP contribution is 2.39. The number of carboxylic acids is 1. The normalized spacial score (nSPS) is 22.2. The van der Waals surface area contributed by atoms with Gasteiger partial charge < -0.3 is 5.11 Å². The highest BCUT2D eigenvalue weighted by atomic mass is 32.2. The summed E-state index contributed by atoms with van der Waals surface area (Å²) in [7, 11) is -3.19. The number of carbonyl (C=O) groups is 1. The van der Waals surface area contributed by atoms with E-state index in [1.54, 1.807) is 0 Å². The molecule has 0 bridgehead atoms. The molecular formula is C10H19NO4S. The molecule has 6 heteroatoms. The Morgan fingerprint density at radius 1 is 1.31 bits per heavy atom. The Balaban J connectivity index is 2.83. The van der Waals surface area contributed by atoms with Crippen molar-refractivity contribution < 1.29 is 18.3 Å². The molecule has 1 rings (SSSR count). The molecule has 1 aliphatic heterocycles. The van der Waals surface area contributed by atoms with Crippen molar-refractivity contribution in [2.75, 3.05) is 19.3 Å². The predicted octanol–water partition coefficient (Wildman–Crippen LogP) is 0.769. The average molecular weight is 249 g/mol. The zero-order chi connectivity index (χ0) is 12.6. The maximum atomic E-state index is 11.3. The summed E-state index contributed by atoms with van der Waals surface area (Å²) < 4.78 is 24.0. The minimum atomic E-state index is -3.19. The third-order valence-corrected chi connectivity index (χ3v) is 4.92. The molecule has 0 aliphatic carbocycles. The molecule has 5 nitrogen and oxygen atoms in total. The minimum absolute atomic E-state index is 0.0201. The first-order valence-corrected chi connectivity index (χ1v) is 7.23. The summed E-state index contributed by atoms with van der Waals surface area (Å²) in [5, 5.41) is 9.28. The monoisotopic (exact) mass is 249 g/mol. The second-order valence-electron chi connectivity index (χ2n) is 4.78. The van der Waals surface area contributed by atoms with E-state index in [9.17, 15) is 18.3 Å². The van der Waals surface area contributed by atoms with Crippen molar-refractivity contribution in [1.29, 1.82) is 0 Å². The van der Waals surface area contributed by atoms with Gasteiger partial charge in [0, 0.05) is 13.1 Å². The fourth-order valence-corrected chi connectivity index (χ4v) is 3.10.